The normalized spacial score (nSPS) is 10.9. The molecule has 10 heteroatoms. The first kappa shape index (κ1) is 18.3. The van der Waals surface area contributed by atoms with Crippen LogP contribution < -0.4 is 5.32 Å². The fraction of sp³-hybridized carbons (Fsp3) is 0.312. The van der Waals surface area contributed by atoms with Crippen molar-refractivity contribution in [2.75, 3.05) is 17.7 Å². The van der Waals surface area contributed by atoms with Crippen LogP contribution in [0.3, 0.4) is 0 Å². The molecule has 3 heterocycles. The number of thiophene rings is 1. The Morgan fingerprint density at radius 2 is 2.15 bits per heavy atom. The van der Waals surface area contributed by atoms with Crippen molar-refractivity contribution in [3.05, 3.63) is 29.2 Å². The number of aryl methyl sites for hydroxylation is 2. The SMILES string of the molecule is Cc1nn(C)c(C)c1NC(=O)COC(=O)CSc1ncnc2sccc12. The summed E-state index contributed by atoms with van der Waals surface area (Å²) in [6.45, 7) is 3.31. The summed E-state index contributed by atoms with van der Waals surface area (Å²) >= 11 is 2.78. The molecule has 0 bridgehead atoms. The average Bonchev–Trinajstić information content (AvgIpc) is 3.19. The molecule has 0 aliphatic heterocycles. The third-order valence-corrected chi connectivity index (χ3v) is 5.49. The number of esters is 1. The quantitative estimate of drug-likeness (QED) is 0.391. The van der Waals surface area contributed by atoms with Crippen molar-refractivity contribution in [2.45, 2.75) is 18.9 Å². The zero-order valence-electron chi connectivity index (χ0n) is 14.5. The first-order chi connectivity index (χ1) is 12.5. The van der Waals surface area contributed by atoms with E-state index in [4.69, 9.17) is 4.74 Å². The minimum Gasteiger partial charge on any atom is -0.455 e. The van der Waals surface area contributed by atoms with E-state index in [9.17, 15) is 9.59 Å². The molecule has 0 aromatic carbocycles. The smallest absolute Gasteiger partial charge is 0.316 e. The van der Waals surface area contributed by atoms with Gasteiger partial charge in [-0.1, -0.05) is 11.8 Å². The molecule has 0 atom stereocenters. The van der Waals surface area contributed by atoms with Gasteiger partial charge < -0.3 is 10.1 Å². The number of ether oxygens (including phenoxy) is 1. The van der Waals surface area contributed by atoms with Crippen LogP contribution in [-0.2, 0) is 21.4 Å². The van der Waals surface area contributed by atoms with Gasteiger partial charge in [0.2, 0.25) is 0 Å². The third-order valence-electron chi connectivity index (χ3n) is 3.69. The first-order valence-electron chi connectivity index (χ1n) is 7.72. The summed E-state index contributed by atoms with van der Waals surface area (Å²) in [7, 11) is 1.80. The predicted molar refractivity (Wildman–Crippen MR) is 100 cm³/mol. The van der Waals surface area contributed by atoms with E-state index in [1.54, 1.807) is 18.7 Å². The van der Waals surface area contributed by atoms with Crippen molar-refractivity contribution in [1.29, 1.82) is 0 Å². The summed E-state index contributed by atoms with van der Waals surface area (Å²) < 4.78 is 6.72. The maximum Gasteiger partial charge on any atom is 0.316 e. The molecule has 0 fully saturated rings. The molecule has 0 radical (unpaired) electrons. The van der Waals surface area contributed by atoms with Crippen LogP contribution in [0.1, 0.15) is 11.4 Å². The Bertz CT molecular complexity index is 966. The maximum absolute atomic E-state index is 12.0. The fourth-order valence-electron chi connectivity index (χ4n) is 2.33. The van der Waals surface area contributed by atoms with E-state index in [0.29, 0.717) is 11.4 Å². The Balaban J connectivity index is 1.49. The Kier molecular flexibility index (Phi) is 5.52. The minimum atomic E-state index is -0.480. The van der Waals surface area contributed by atoms with Crippen molar-refractivity contribution < 1.29 is 14.3 Å². The van der Waals surface area contributed by atoms with Crippen LogP contribution in [0.15, 0.2) is 22.8 Å². The zero-order chi connectivity index (χ0) is 18.7. The van der Waals surface area contributed by atoms with Crippen LogP contribution in [0, 0.1) is 13.8 Å². The topological polar surface area (TPSA) is 99.0 Å². The summed E-state index contributed by atoms with van der Waals surface area (Å²) in [5.74, 6) is -0.809. The highest BCUT2D eigenvalue weighted by molar-refractivity contribution is 8.00. The van der Waals surface area contributed by atoms with Crippen molar-refractivity contribution in [3.63, 3.8) is 0 Å². The van der Waals surface area contributed by atoms with Gasteiger partial charge in [0.1, 0.15) is 16.2 Å². The van der Waals surface area contributed by atoms with Gasteiger partial charge in [-0.25, -0.2) is 9.97 Å². The minimum absolute atomic E-state index is 0.0696. The van der Waals surface area contributed by atoms with Gasteiger partial charge in [-0.3, -0.25) is 14.3 Å². The number of nitrogens with zero attached hydrogens (tertiary/aromatic N) is 4. The highest BCUT2D eigenvalue weighted by atomic mass is 32.2. The zero-order valence-corrected chi connectivity index (χ0v) is 16.1. The van der Waals surface area contributed by atoms with Crippen LogP contribution >= 0.6 is 23.1 Å². The van der Waals surface area contributed by atoms with E-state index >= 15 is 0 Å². The molecule has 26 heavy (non-hydrogen) atoms. The third kappa shape index (κ3) is 4.02. The van der Waals surface area contributed by atoms with E-state index in [1.165, 1.54) is 29.4 Å². The van der Waals surface area contributed by atoms with Gasteiger partial charge in [0.25, 0.3) is 5.91 Å². The van der Waals surface area contributed by atoms with Gasteiger partial charge in [0, 0.05) is 12.4 Å². The molecule has 8 nitrogen and oxygen atoms in total. The number of rotatable bonds is 6. The van der Waals surface area contributed by atoms with Gasteiger partial charge in [0.05, 0.1) is 22.8 Å². The van der Waals surface area contributed by atoms with Gasteiger partial charge in [-0.15, -0.1) is 11.3 Å². The number of amides is 1. The summed E-state index contributed by atoms with van der Waals surface area (Å²) in [5, 5.41) is 10.5. The Hall–Kier alpha value is -2.46. The molecule has 1 N–H and O–H groups in total. The van der Waals surface area contributed by atoms with E-state index in [0.717, 1.165) is 20.9 Å². The Morgan fingerprint density at radius 3 is 2.88 bits per heavy atom. The lowest BCUT2D eigenvalue weighted by Gasteiger charge is -2.07. The first-order valence-corrected chi connectivity index (χ1v) is 9.59. The molecule has 3 aromatic rings. The molecule has 0 aliphatic carbocycles. The van der Waals surface area contributed by atoms with Crippen LogP contribution in [0.5, 0.6) is 0 Å². The molecule has 3 rings (SSSR count). The summed E-state index contributed by atoms with van der Waals surface area (Å²) in [4.78, 5) is 33.1. The molecule has 3 aromatic heterocycles. The molecule has 1 amide bonds. The molecule has 136 valence electrons. The van der Waals surface area contributed by atoms with E-state index < -0.39 is 11.9 Å². The van der Waals surface area contributed by atoms with Crippen molar-refractivity contribution >= 4 is 50.9 Å². The second kappa shape index (κ2) is 7.83. The van der Waals surface area contributed by atoms with Crippen molar-refractivity contribution in [1.82, 2.24) is 19.7 Å². The van der Waals surface area contributed by atoms with Crippen LogP contribution in [0.25, 0.3) is 10.2 Å². The lowest BCUT2D eigenvalue weighted by atomic mass is 10.3. The fourth-order valence-corrected chi connectivity index (χ4v) is 3.90. The second-order valence-corrected chi connectivity index (χ2v) is 7.34. The molecular weight excluding hydrogens is 374 g/mol. The van der Waals surface area contributed by atoms with Gasteiger partial charge in [-0.2, -0.15) is 5.10 Å². The van der Waals surface area contributed by atoms with Crippen LogP contribution in [0.2, 0.25) is 0 Å². The number of hydrogen-bond donors (Lipinski definition) is 1. The number of nitrogens with one attached hydrogen (secondary N) is 1. The molecule has 0 aliphatic rings. The standard InChI is InChI=1S/C16H17N5O3S2/c1-9-14(10(2)21(3)20-9)19-12(22)6-24-13(23)7-26-16-11-4-5-25-15(11)17-8-18-16/h4-5,8H,6-7H2,1-3H3,(H,19,22). The number of hydrogen-bond acceptors (Lipinski definition) is 8. The summed E-state index contributed by atoms with van der Waals surface area (Å²) in [6, 6.07) is 1.92. The summed E-state index contributed by atoms with van der Waals surface area (Å²) in [5.41, 5.74) is 2.19. The maximum atomic E-state index is 12.0. The monoisotopic (exact) mass is 391 g/mol. The Morgan fingerprint density at radius 1 is 1.35 bits per heavy atom. The number of carbonyl (C=O) groups excluding carboxylic acids is 2. The van der Waals surface area contributed by atoms with Crippen molar-refractivity contribution in [2.24, 2.45) is 7.05 Å². The summed E-state index contributed by atoms with van der Waals surface area (Å²) in [6.07, 6.45) is 1.47. The molecular formula is C16H17N5O3S2. The molecule has 0 saturated heterocycles. The predicted octanol–water partition coefficient (Wildman–Crippen LogP) is 2.32. The van der Waals surface area contributed by atoms with Gasteiger partial charge >= 0.3 is 5.97 Å². The number of aromatic nitrogens is 4. The van der Waals surface area contributed by atoms with Crippen LogP contribution in [0.4, 0.5) is 5.69 Å². The van der Waals surface area contributed by atoms with Gasteiger partial charge in [-0.05, 0) is 25.3 Å². The molecule has 0 unspecified atom stereocenters. The Labute approximate surface area is 158 Å². The average molecular weight is 391 g/mol. The number of fused-ring (bicyclic) bond motifs is 1. The van der Waals surface area contributed by atoms with Gasteiger partial charge in [0.15, 0.2) is 6.61 Å². The number of carbonyl (C=O) groups is 2. The molecule has 0 spiro atoms. The highest BCUT2D eigenvalue weighted by Gasteiger charge is 2.15. The van der Waals surface area contributed by atoms with E-state index in [-0.39, 0.29) is 12.4 Å². The lowest BCUT2D eigenvalue weighted by Crippen LogP contribution is -2.22. The van der Waals surface area contributed by atoms with Crippen LogP contribution in [-0.4, -0.2) is 44.0 Å². The largest absolute Gasteiger partial charge is 0.455 e. The second-order valence-electron chi connectivity index (χ2n) is 5.49. The molecule has 0 saturated carbocycles. The number of anilines is 1. The van der Waals surface area contributed by atoms with E-state index in [2.05, 4.69) is 20.4 Å². The highest BCUT2D eigenvalue weighted by Crippen LogP contribution is 2.27. The van der Waals surface area contributed by atoms with E-state index in [1.807, 2.05) is 18.4 Å². The lowest BCUT2D eigenvalue weighted by molar-refractivity contribution is -0.144. The number of thioether (sulfide) groups is 1. The van der Waals surface area contributed by atoms with Crippen molar-refractivity contribution in [3.8, 4) is 0 Å².